The summed E-state index contributed by atoms with van der Waals surface area (Å²) in [5.74, 6) is -1.84. The molecule has 0 bridgehead atoms. The average molecular weight is 354 g/mol. The van der Waals surface area contributed by atoms with Crippen LogP contribution in [0, 0.1) is 0 Å². The van der Waals surface area contributed by atoms with Crippen LogP contribution in [0.15, 0.2) is 0 Å². The van der Waals surface area contributed by atoms with Crippen LogP contribution < -0.4 is 59.1 Å². The number of esters is 1. The number of unbranched alkanes of at least 4 members (excludes halogenated alkanes) is 9. The molecule has 0 aromatic rings. The van der Waals surface area contributed by atoms with E-state index in [0.717, 1.165) is 19.3 Å². The fourth-order valence-electron chi connectivity index (χ4n) is 1.97. The molecule has 0 unspecified atom stereocenters. The van der Waals surface area contributed by atoms with E-state index >= 15 is 0 Å². The van der Waals surface area contributed by atoms with Crippen LogP contribution in [0.4, 0.5) is 0 Å². The topological polar surface area (TPSA) is 80.7 Å². The SMILES string of the molecule is CCCCCCCCCCCCOC(=O)CS(=O)(=O)O.[Na+].[Na+]. The Morgan fingerprint density at radius 2 is 1.27 bits per heavy atom. The Labute approximate surface area is 179 Å². The molecular formula is C14H28Na2O5S+2. The predicted molar refractivity (Wildman–Crippen MR) is 79.2 cm³/mol. The molecule has 0 saturated carbocycles. The van der Waals surface area contributed by atoms with Crippen LogP contribution in [0.3, 0.4) is 0 Å². The molecule has 0 fully saturated rings. The van der Waals surface area contributed by atoms with Crippen LogP contribution in [-0.4, -0.2) is 31.3 Å². The first kappa shape index (κ1) is 28.2. The van der Waals surface area contributed by atoms with Gasteiger partial charge in [-0.15, -0.1) is 0 Å². The molecule has 0 aromatic carbocycles. The second-order valence-electron chi connectivity index (χ2n) is 5.13. The van der Waals surface area contributed by atoms with Crippen LogP contribution in [-0.2, 0) is 19.6 Å². The van der Waals surface area contributed by atoms with Gasteiger partial charge in [0.2, 0.25) is 0 Å². The summed E-state index contributed by atoms with van der Waals surface area (Å²) in [7, 11) is -4.26. The molecule has 0 rings (SSSR count). The van der Waals surface area contributed by atoms with Crippen LogP contribution >= 0.6 is 0 Å². The number of ether oxygens (including phenoxy) is 1. The second-order valence-corrected chi connectivity index (χ2v) is 6.58. The van der Waals surface area contributed by atoms with Crippen LogP contribution in [0.5, 0.6) is 0 Å². The monoisotopic (exact) mass is 354 g/mol. The van der Waals surface area contributed by atoms with Crippen molar-refractivity contribution in [3.8, 4) is 0 Å². The smallest absolute Gasteiger partial charge is 0.465 e. The van der Waals surface area contributed by atoms with Crippen molar-refractivity contribution in [1.29, 1.82) is 0 Å². The first-order valence-corrected chi connectivity index (χ1v) is 9.17. The van der Waals surface area contributed by atoms with Gasteiger partial charge in [-0.2, -0.15) is 8.42 Å². The summed E-state index contributed by atoms with van der Waals surface area (Å²) in [6.45, 7) is 2.44. The quantitative estimate of drug-likeness (QED) is 0.169. The summed E-state index contributed by atoms with van der Waals surface area (Å²) >= 11 is 0. The molecule has 0 radical (unpaired) electrons. The van der Waals surface area contributed by atoms with E-state index in [1.54, 1.807) is 0 Å². The number of hydrogen-bond acceptors (Lipinski definition) is 4. The van der Waals surface area contributed by atoms with Gasteiger partial charge < -0.3 is 4.74 Å². The van der Waals surface area contributed by atoms with Gasteiger partial charge in [0.05, 0.1) is 6.61 Å². The maximum atomic E-state index is 11.0. The van der Waals surface area contributed by atoms with E-state index in [-0.39, 0.29) is 65.7 Å². The van der Waals surface area contributed by atoms with Crippen molar-refractivity contribution in [2.24, 2.45) is 0 Å². The molecule has 120 valence electrons. The zero-order valence-corrected chi connectivity index (χ0v) is 19.3. The molecule has 0 saturated heterocycles. The molecule has 0 aliphatic rings. The van der Waals surface area contributed by atoms with E-state index in [1.807, 2.05) is 0 Å². The van der Waals surface area contributed by atoms with Gasteiger partial charge in [0.15, 0.2) is 5.75 Å². The molecule has 5 nitrogen and oxygen atoms in total. The minimum atomic E-state index is -4.26. The fraction of sp³-hybridized carbons (Fsp3) is 0.929. The summed E-state index contributed by atoms with van der Waals surface area (Å²) in [5.41, 5.74) is 0. The van der Waals surface area contributed by atoms with Crippen molar-refractivity contribution in [3.63, 3.8) is 0 Å². The van der Waals surface area contributed by atoms with E-state index in [4.69, 9.17) is 9.29 Å². The van der Waals surface area contributed by atoms with E-state index in [2.05, 4.69) is 6.92 Å². The minimum absolute atomic E-state index is 0. The summed E-state index contributed by atoms with van der Waals surface area (Å²) < 4.78 is 33.9. The Kier molecular flexibility index (Phi) is 24.0. The Hall–Kier alpha value is 1.38. The summed E-state index contributed by atoms with van der Waals surface area (Å²) in [6.07, 6.45) is 11.8. The molecule has 0 aliphatic heterocycles. The normalized spacial score (nSPS) is 10.5. The van der Waals surface area contributed by atoms with Crippen molar-refractivity contribution >= 4 is 16.1 Å². The van der Waals surface area contributed by atoms with Crippen molar-refractivity contribution in [3.05, 3.63) is 0 Å². The van der Waals surface area contributed by atoms with E-state index in [9.17, 15) is 13.2 Å². The summed E-state index contributed by atoms with van der Waals surface area (Å²) in [4.78, 5) is 11.0. The van der Waals surface area contributed by atoms with Gasteiger partial charge in [-0.25, -0.2) is 0 Å². The molecule has 8 heteroatoms. The molecule has 22 heavy (non-hydrogen) atoms. The van der Waals surface area contributed by atoms with Crippen LogP contribution in [0.25, 0.3) is 0 Å². The van der Waals surface area contributed by atoms with E-state index in [0.29, 0.717) is 0 Å². The standard InChI is InChI=1S/C14H28O5S.2Na/c1-2-3-4-5-6-7-8-9-10-11-12-19-14(15)13-20(16,17)18;;/h2-13H2,1H3,(H,16,17,18);;/q;2*+1. The van der Waals surface area contributed by atoms with Gasteiger partial charge in [-0.3, -0.25) is 9.35 Å². The molecule has 0 aromatic heterocycles. The first-order chi connectivity index (χ1) is 9.45. The zero-order chi connectivity index (χ0) is 15.3. The van der Waals surface area contributed by atoms with Crippen molar-refractivity contribution < 1.29 is 81.6 Å². The fourth-order valence-corrected chi connectivity index (χ4v) is 2.35. The van der Waals surface area contributed by atoms with Gasteiger partial charge in [0.1, 0.15) is 0 Å². The Balaban J connectivity index is -0.00000180. The van der Waals surface area contributed by atoms with Crippen LogP contribution in [0.1, 0.15) is 71.1 Å². The summed E-state index contributed by atoms with van der Waals surface area (Å²) in [5, 5.41) is 0. The number of hydrogen-bond donors (Lipinski definition) is 1. The van der Waals surface area contributed by atoms with Crippen molar-refractivity contribution in [1.82, 2.24) is 0 Å². The predicted octanol–water partition coefficient (Wildman–Crippen LogP) is -2.65. The van der Waals surface area contributed by atoms with Crippen LogP contribution in [0.2, 0.25) is 0 Å². The Morgan fingerprint density at radius 1 is 0.864 bits per heavy atom. The first-order valence-electron chi connectivity index (χ1n) is 7.56. The number of carbonyl (C=O) groups is 1. The molecule has 0 heterocycles. The van der Waals surface area contributed by atoms with Crippen molar-refractivity contribution in [2.75, 3.05) is 12.4 Å². The second kappa shape index (κ2) is 18.7. The van der Waals surface area contributed by atoms with Gasteiger partial charge in [-0.1, -0.05) is 64.7 Å². The molecule has 0 amide bonds. The van der Waals surface area contributed by atoms with E-state index in [1.165, 1.54) is 44.9 Å². The Morgan fingerprint density at radius 3 is 1.68 bits per heavy atom. The van der Waals surface area contributed by atoms with Gasteiger partial charge in [0, 0.05) is 0 Å². The maximum absolute atomic E-state index is 11.0. The largest absolute Gasteiger partial charge is 1.00 e. The summed E-state index contributed by atoms with van der Waals surface area (Å²) in [6, 6.07) is 0. The molecule has 0 aliphatic carbocycles. The van der Waals surface area contributed by atoms with Crippen molar-refractivity contribution in [2.45, 2.75) is 71.1 Å². The molecule has 1 N–H and O–H groups in total. The molecule has 0 atom stereocenters. The average Bonchev–Trinajstić information content (AvgIpc) is 2.34. The third kappa shape index (κ3) is 23.6. The van der Waals surface area contributed by atoms with E-state index < -0.39 is 21.8 Å². The molecular weight excluding hydrogens is 326 g/mol. The number of rotatable bonds is 13. The third-order valence-corrected chi connectivity index (χ3v) is 3.66. The number of carbonyl (C=O) groups excluding carboxylic acids is 1. The molecule has 0 spiro atoms. The van der Waals surface area contributed by atoms with Gasteiger partial charge in [0.25, 0.3) is 10.1 Å². The minimum Gasteiger partial charge on any atom is -0.465 e. The third-order valence-electron chi connectivity index (χ3n) is 3.06. The van der Waals surface area contributed by atoms with Gasteiger partial charge >= 0.3 is 65.1 Å². The van der Waals surface area contributed by atoms with Gasteiger partial charge in [-0.05, 0) is 6.42 Å². The maximum Gasteiger partial charge on any atom is 1.00 e. The zero-order valence-electron chi connectivity index (χ0n) is 14.5. The Bertz CT molecular complexity index is 347.